The first-order chi connectivity index (χ1) is 10.6. The van der Waals surface area contributed by atoms with Crippen LogP contribution in [0.1, 0.15) is 51.1 Å². The van der Waals surface area contributed by atoms with Crippen LogP contribution in [0.2, 0.25) is 0 Å². The van der Waals surface area contributed by atoms with Gasteiger partial charge in [-0.15, -0.1) is 0 Å². The SMILES string of the molecule is CC(=O)Nc1cccc(C(C)NC(=O)N2CCCCCC2)c1. The molecule has 1 aromatic carbocycles. The molecule has 0 spiro atoms. The van der Waals surface area contributed by atoms with Crippen LogP contribution in [0.3, 0.4) is 0 Å². The second-order valence-corrected chi connectivity index (χ2v) is 5.88. The van der Waals surface area contributed by atoms with Crippen LogP contribution in [-0.2, 0) is 4.79 Å². The van der Waals surface area contributed by atoms with Gasteiger partial charge in [-0.3, -0.25) is 4.79 Å². The number of hydrogen-bond donors (Lipinski definition) is 2. The smallest absolute Gasteiger partial charge is 0.317 e. The Balaban J connectivity index is 1.97. The molecule has 0 bridgehead atoms. The van der Waals surface area contributed by atoms with E-state index in [0.29, 0.717) is 0 Å². The molecule has 1 aromatic rings. The molecule has 1 aliphatic heterocycles. The van der Waals surface area contributed by atoms with Crippen LogP contribution in [-0.4, -0.2) is 29.9 Å². The fourth-order valence-corrected chi connectivity index (χ4v) is 2.72. The van der Waals surface area contributed by atoms with Gasteiger partial charge in [-0.2, -0.15) is 0 Å². The maximum Gasteiger partial charge on any atom is 0.317 e. The molecule has 22 heavy (non-hydrogen) atoms. The topological polar surface area (TPSA) is 61.4 Å². The molecule has 0 aromatic heterocycles. The van der Waals surface area contributed by atoms with Gasteiger partial charge in [-0.05, 0) is 37.5 Å². The van der Waals surface area contributed by atoms with Crippen molar-refractivity contribution in [2.45, 2.75) is 45.6 Å². The van der Waals surface area contributed by atoms with E-state index in [2.05, 4.69) is 10.6 Å². The molecule has 2 N–H and O–H groups in total. The van der Waals surface area contributed by atoms with Gasteiger partial charge in [0.25, 0.3) is 0 Å². The van der Waals surface area contributed by atoms with Gasteiger partial charge in [-0.25, -0.2) is 4.79 Å². The first kappa shape index (κ1) is 16.3. The quantitative estimate of drug-likeness (QED) is 0.900. The van der Waals surface area contributed by atoms with Crippen LogP contribution < -0.4 is 10.6 Å². The Morgan fingerprint density at radius 2 is 1.82 bits per heavy atom. The molecular formula is C17H25N3O2. The average Bonchev–Trinajstić information content (AvgIpc) is 2.76. The summed E-state index contributed by atoms with van der Waals surface area (Å²) in [7, 11) is 0. The Kier molecular flexibility index (Phi) is 5.81. The van der Waals surface area contributed by atoms with Gasteiger partial charge in [-0.1, -0.05) is 25.0 Å². The first-order valence-corrected chi connectivity index (χ1v) is 7.99. The maximum absolute atomic E-state index is 12.3. The number of hydrogen-bond acceptors (Lipinski definition) is 2. The first-order valence-electron chi connectivity index (χ1n) is 7.99. The summed E-state index contributed by atoms with van der Waals surface area (Å²) in [6.07, 6.45) is 4.58. The number of benzene rings is 1. The highest BCUT2D eigenvalue weighted by atomic mass is 16.2. The zero-order chi connectivity index (χ0) is 15.9. The van der Waals surface area contributed by atoms with E-state index in [1.807, 2.05) is 36.1 Å². The number of amides is 3. The van der Waals surface area contributed by atoms with E-state index < -0.39 is 0 Å². The monoisotopic (exact) mass is 303 g/mol. The molecule has 120 valence electrons. The van der Waals surface area contributed by atoms with Crippen molar-refractivity contribution in [2.24, 2.45) is 0 Å². The predicted octanol–water partition coefficient (Wildman–Crippen LogP) is 3.29. The molecule has 0 saturated carbocycles. The Labute approximate surface area is 132 Å². The van der Waals surface area contributed by atoms with E-state index in [-0.39, 0.29) is 18.0 Å². The molecule has 3 amide bonds. The number of likely N-dealkylation sites (tertiary alicyclic amines) is 1. The van der Waals surface area contributed by atoms with E-state index >= 15 is 0 Å². The number of carbonyl (C=O) groups excluding carboxylic acids is 2. The Morgan fingerprint density at radius 1 is 1.14 bits per heavy atom. The predicted molar refractivity (Wildman–Crippen MR) is 87.7 cm³/mol. The lowest BCUT2D eigenvalue weighted by atomic mass is 10.1. The number of anilines is 1. The number of rotatable bonds is 3. The van der Waals surface area contributed by atoms with E-state index in [9.17, 15) is 9.59 Å². The van der Waals surface area contributed by atoms with Crippen molar-refractivity contribution in [3.8, 4) is 0 Å². The minimum atomic E-state index is -0.0987. The molecule has 1 aliphatic rings. The van der Waals surface area contributed by atoms with Crippen molar-refractivity contribution in [2.75, 3.05) is 18.4 Å². The third-order valence-corrected chi connectivity index (χ3v) is 3.94. The summed E-state index contributed by atoms with van der Waals surface area (Å²) < 4.78 is 0. The van der Waals surface area contributed by atoms with Crippen molar-refractivity contribution in [1.82, 2.24) is 10.2 Å². The van der Waals surface area contributed by atoms with Gasteiger partial charge in [0, 0.05) is 25.7 Å². The van der Waals surface area contributed by atoms with Crippen LogP contribution in [0.25, 0.3) is 0 Å². The Morgan fingerprint density at radius 3 is 2.45 bits per heavy atom. The van der Waals surface area contributed by atoms with Crippen molar-refractivity contribution in [1.29, 1.82) is 0 Å². The molecule has 1 fully saturated rings. The van der Waals surface area contributed by atoms with Gasteiger partial charge in [0.1, 0.15) is 0 Å². The summed E-state index contributed by atoms with van der Waals surface area (Å²) in [4.78, 5) is 25.4. The summed E-state index contributed by atoms with van der Waals surface area (Å²) >= 11 is 0. The van der Waals surface area contributed by atoms with Crippen LogP contribution in [0.5, 0.6) is 0 Å². The molecule has 1 heterocycles. The minimum Gasteiger partial charge on any atom is -0.331 e. The molecule has 1 saturated heterocycles. The number of nitrogens with one attached hydrogen (secondary N) is 2. The third kappa shape index (κ3) is 4.76. The van der Waals surface area contributed by atoms with Gasteiger partial charge in [0.15, 0.2) is 0 Å². The van der Waals surface area contributed by atoms with Crippen molar-refractivity contribution < 1.29 is 9.59 Å². The Hall–Kier alpha value is -2.04. The van der Waals surface area contributed by atoms with Gasteiger partial charge in [0.05, 0.1) is 6.04 Å². The van der Waals surface area contributed by atoms with Crippen molar-refractivity contribution in [3.05, 3.63) is 29.8 Å². The molecule has 5 heteroatoms. The summed E-state index contributed by atoms with van der Waals surface area (Å²) in [5.41, 5.74) is 1.73. The van der Waals surface area contributed by atoms with Gasteiger partial charge in [0.2, 0.25) is 5.91 Å². The summed E-state index contributed by atoms with van der Waals surface area (Å²) in [5, 5.41) is 5.81. The van der Waals surface area contributed by atoms with Crippen LogP contribution in [0, 0.1) is 0 Å². The lowest BCUT2D eigenvalue weighted by molar-refractivity contribution is -0.114. The molecular weight excluding hydrogens is 278 g/mol. The lowest BCUT2D eigenvalue weighted by Crippen LogP contribution is -2.41. The zero-order valence-corrected chi connectivity index (χ0v) is 13.4. The van der Waals surface area contributed by atoms with Gasteiger partial charge < -0.3 is 15.5 Å². The van der Waals surface area contributed by atoms with Crippen LogP contribution >= 0.6 is 0 Å². The molecule has 0 aliphatic carbocycles. The molecule has 0 radical (unpaired) electrons. The molecule has 5 nitrogen and oxygen atoms in total. The second-order valence-electron chi connectivity index (χ2n) is 5.88. The number of nitrogens with zero attached hydrogens (tertiary/aromatic N) is 1. The number of urea groups is 1. The highest BCUT2D eigenvalue weighted by molar-refractivity contribution is 5.88. The normalized spacial score (nSPS) is 16.5. The summed E-state index contributed by atoms with van der Waals surface area (Å²) in [6.45, 7) is 5.12. The van der Waals surface area contributed by atoms with Gasteiger partial charge >= 0.3 is 6.03 Å². The van der Waals surface area contributed by atoms with E-state index in [0.717, 1.165) is 37.2 Å². The molecule has 1 atom stereocenters. The van der Waals surface area contributed by atoms with E-state index in [4.69, 9.17) is 0 Å². The zero-order valence-electron chi connectivity index (χ0n) is 13.4. The van der Waals surface area contributed by atoms with Crippen molar-refractivity contribution >= 4 is 17.6 Å². The minimum absolute atomic E-state index is 0.000620. The van der Waals surface area contributed by atoms with Crippen LogP contribution in [0.15, 0.2) is 24.3 Å². The maximum atomic E-state index is 12.3. The van der Waals surface area contributed by atoms with Crippen LogP contribution in [0.4, 0.5) is 10.5 Å². The fraction of sp³-hybridized carbons (Fsp3) is 0.529. The van der Waals surface area contributed by atoms with Crippen molar-refractivity contribution in [3.63, 3.8) is 0 Å². The highest BCUT2D eigenvalue weighted by Crippen LogP contribution is 2.18. The highest BCUT2D eigenvalue weighted by Gasteiger charge is 2.17. The van der Waals surface area contributed by atoms with E-state index in [1.54, 1.807) is 0 Å². The third-order valence-electron chi connectivity index (χ3n) is 3.94. The fourth-order valence-electron chi connectivity index (χ4n) is 2.72. The average molecular weight is 303 g/mol. The van der Waals surface area contributed by atoms with E-state index in [1.165, 1.54) is 19.8 Å². The molecule has 2 rings (SSSR count). The lowest BCUT2D eigenvalue weighted by Gasteiger charge is -2.24. The second kappa shape index (κ2) is 7.82. The molecule has 1 unspecified atom stereocenters. The summed E-state index contributed by atoms with van der Waals surface area (Å²) in [5.74, 6) is -0.0987. The largest absolute Gasteiger partial charge is 0.331 e. The summed E-state index contributed by atoms with van der Waals surface area (Å²) in [6, 6.07) is 7.49. The Bertz CT molecular complexity index is 522. The number of carbonyl (C=O) groups is 2. The standard InChI is InChI=1S/C17H25N3O2/c1-13(15-8-7-9-16(12-15)19-14(2)21)18-17(22)20-10-5-3-4-6-11-20/h7-9,12-13H,3-6,10-11H2,1-2H3,(H,18,22)(H,19,21).